The largest absolute Gasteiger partial charge is 0.316 e. The molecule has 0 N–H and O–H groups in total. The summed E-state index contributed by atoms with van der Waals surface area (Å²) >= 11 is 0. The highest BCUT2D eigenvalue weighted by atomic mass is 24.3. The van der Waals surface area contributed by atoms with Gasteiger partial charge in [0.25, 0.3) is 0 Å². The maximum absolute atomic E-state index is 3.84. The summed E-state index contributed by atoms with van der Waals surface area (Å²) in [6, 6.07) is 0. The van der Waals surface area contributed by atoms with Crippen LogP contribution >= 0.6 is 0 Å². The zero-order valence-corrected chi connectivity index (χ0v) is 8.78. The zero-order chi connectivity index (χ0) is 9.07. The van der Waals surface area contributed by atoms with E-state index in [1.165, 1.54) is 57.8 Å². The van der Waals surface area contributed by atoms with Gasteiger partial charge in [0.05, 0.1) is 0 Å². The lowest BCUT2D eigenvalue weighted by molar-refractivity contribution is 0.566. The van der Waals surface area contributed by atoms with E-state index in [-0.39, 0.29) is 23.1 Å². The van der Waals surface area contributed by atoms with E-state index < -0.39 is 0 Å². The van der Waals surface area contributed by atoms with Crippen molar-refractivity contribution in [1.29, 1.82) is 0 Å². The second kappa shape index (κ2) is 15.2. The lowest BCUT2D eigenvalue weighted by Gasteiger charge is -1.99. The molecule has 1 heteroatoms. The molecule has 1 radical (unpaired) electrons. The molecule has 0 bridgehead atoms. The Kier molecular flexibility index (Phi) is 19.0. The second-order valence-corrected chi connectivity index (χ2v) is 3.68. The third kappa shape index (κ3) is 15.5. The number of unbranched alkanes of at least 4 members (excludes halogenated alkanes) is 9. The van der Waals surface area contributed by atoms with Crippen LogP contribution in [-0.2, 0) is 0 Å². The van der Waals surface area contributed by atoms with Crippen molar-refractivity contribution in [2.75, 3.05) is 0 Å². The predicted octanol–water partition coefficient (Wildman–Crippen LogP) is 3.83. The second-order valence-electron chi connectivity index (χ2n) is 3.68. The molecule has 0 aliphatic rings. The van der Waals surface area contributed by atoms with E-state index >= 15 is 0 Å². The molecule has 0 aromatic rings. The molecule has 0 heterocycles. The Bertz CT molecular complexity index is 61.5. The van der Waals surface area contributed by atoms with Gasteiger partial charge in [-0.2, -0.15) is 0 Å². The van der Waals surface area contributed by atoms with Gasteiger partial charge in [-0.3, -0.25) is 0 Å². The fraction of sp³-hybridized carbons (Fsp3) is 0.917. The topological polar surface area (TPSA) is 0 Å². The fourth-order valence-electron chi connectivity index (χ4n) is 1.49. The quantitative estimate of drug-likeness (QED) is 0.388. The van der Waals surface area contributed by atoms with Crippen molar-refractivity contribution in [3.8, 4) is 0 Å². The monoisotopic (exact) mass is 195 g/mol. The van der Waals surface area contributed by atoms with E-state index in [9.17, 15) is 0 Å². The number of hydrogen-bond acceptors (Lipinski definition) is 0. The average molecular weight is 196 g/mol. The molecule has 0 nitrogen and oxygen atoms in total. The smallest absolute Gasteiger partial charge is 0.0654 e. The van der Waals surface area contributed by atoms with Crippen LogP contribution in [0, 0.1) is 6.92 Å². The first-order valence-corrected chi connectivity index (χ1v) is 5.71. The van der Waals surface area contributed by atoms with Gasteiger partial charge in [-0.05, 0) is 0 Å². The standard InChI is InChI=1S/C12H25.Mg.2H/c1-3-5-7-9-11-12-10-8-6-4-2;;;/h1,3-12H2,2H3;;;. The minimum Gasteiger partial charge on any atom is -0.0654 e. The summed E-state index contributed by atoms with van der Waals surface area (Å²) in [5.41, 5.74) is 0. The van der Waals surface area contributed by atoms with E-state index in [0.29, 0.717) is 0 Å². The van der Waals surface area contributed by atoms with Gasteiger partial charge < -0.3 is 0 Å². The number of hydrogen-bond donors (Lipinski definition) is 0. The van der Waals surface area contributed by atoms with Gasteiger partial charge >= 0.3 is 23.1 Å². The van der Waals surface area contributed by atoms with Crippen LogP contribution in [0.1, 0.15) is 71.1 Å². The maximum atomic E-state index is 3.84. The highest BCUT2D eigenvalue weighted by Crippen LogP contribution is 2.09. The fourth-order valence-corrected chi connectivity index (χ4v) is 1.49. The van der Waals surface area contributed by atoms with Gasteiger partial charge in [-0.25, -0.2) is 0 Å². The minimum atomic E-state index is 0. The van der Waals surface area contributed by atoms with E-state index in [1.54, 1.807) is 0 Å². The van der Waals surface area contributed by atoms with E-state index in [0.717, 1.165) is 6.42 Å². The summed E-state index contributed by atoms with van der Waals surface area (Å²) in [6.07, 6.45) is 13.9. The summed E-state index contributed by atoms with van der Waals surface area (Å²) in [4.78, 5) is 0. The van der Waals surface area contributed by atoms with Crippen LogP contribution < -0.4 is 0 Å². The van der Waals surface area contributed by atoms with Gasteiger partial charge in [0.2, 0.25) is 0 Å². The Morgan fingerprint density at radius 3 is 1.46 bits per heavy atom. The van der Waals surface area contributed by atoms with Gasteiger partial charge in [0.1, 0.15) is 0 Å². The first-order chi connectivity index (χ1) is 5.91. The van der Waals surface area contributed by atoms with Crippen molar-refractivity contribution in [3.05, 3.63) is 6.92 Å². The molecular weight excluding hydrogens is 168 g/mol. The molecule has 0 aliphatic heterocycles. The third-order valence-electron chi connectivity index (χ3n) is 2.35. The van der Waals surface area contributed by atoms with Gasteiger partial charge in [0, 0.05) is 0 Å². The van der Waals surface area contributed by atoms with Gasteiger partial charge in [-0.15, -0.1) is 0 Å². The Balaban J connectivity index is 0. The van der Waals surface area contributed by atoms with E-state index in [1.807, 2.05) is 0 Å². The lowest BCUT2D eigenvalue weighted by Crippen LogP contribution is -1.80. The van der Waals surface area contributed by atoms with Crippen molar-refractivity contribution < 1.29 is 0 Å². The van der Waals surface area contributed by atoms with Crippen molar-refractivity contribution in [2.45, 2.75) is 71.1 Å². The summed E-state index contributed by atoms with van der Waals surface area (Å²) in [7, 11) is 0. The normalized spacial score (nSPS) is 9.69. The number of rotatable bonds is 9. The minimum absolute atomic E-state index is 0. The van der Waals surface area contributed by atoms with Crippen molar-refractivity contribution in [2.24, 2.45) is 0 Å². The molecule has 0 rings (SSSR count). The SMILES string of the molecule is [CH2]CCCCCCCCCCC.[MgH2]. The first-order valence-electron chi connectivity index (χ1n) is 5.71. The van der Waals surface area contributed by atoms with Gasteiger partial charge in [-0.1, -0.05) is 78.1 Å². The van der Waals surface area contributed by atoms with Crippen LogP contribution in [-0.4, -0.2) is 23.1 Å². The molecule has 0 aliphatic carbocycles. The molecule has 0 aromatic heterocycles. The first kappa shape index (κ1) is 16.2. The highest BCUT2D eigenvalue weighted by molar-refractivity contribution is 5.75. The Morgan fingerprint density at radius 1 is 0.692 bits per heavy atom. The average Bonchev–Trinajstić information content (AvgIpc) is 2.10. The Morgan fingerprint density at radius 2 is 1.08 bits per heavy atom. The van der Waals surface area contributed by atoms with E-state index in [2.05, 4.69) is 13.8 Å². The predicted molar refractivity (Wildman–Crippen MR) is 65.7 cm³/mol. The summed E-state index contributed by atoms with van der Waals surface area (Å²) in [6.45, 7) is 6.12. The van der Waals surface area contributed by atoms with Crippen molar-refractivity contribution in [1.82, 2.24) is 0 Å². The molecule has 13 heavy (non-hydrogen) atoms. The van der Waals surface area contributed by atoms with Gasteiger partial charge in [0.15, 0.2) is 0 Å². The van der Waals surface area contributed by atoms with Crippen LogP contribution in [0.15, 0.2) is 0 Å². The molecule has 0 saturated carbocycles. The third-order valence-corrected chi connectivity index (χ3v) is 2.35. The summed E-state index contributed by atoms with van der Waals surface area (Å²) in [5, 5.41) is 0. The summed E-state index contributed by atoms with van der Waals surface area (Å²) < 4.78 is 0. The zero-order valence-electron chi connectivity index (χ0n) is 8.78. The molecule has 0 aromatic carbocycles. The van der Waals surface area contributed by atoms with Crippen LogP contribution in [0.5, 0.6) is 0 Å². The molecule has 0 amide bonds. The molecule has 0 spiro atoms. The summed E-state index contributed by atoms with van der Waals surface area (Å²) in [5.74, 6) is 0. The Labute approximate surface area is 101 Å². The van der Waals surface area contributed by atoms with Crippen LogP contribution in [0.25, 0.3) is 0 Å². The molecule has 0 atom stereocenters. The molecule has 77 valence electrons. The van der Waals surface area contributed by atoms with E-state index in [4.69, 9.17) is 0 Å². The van der Waals surface area contributed by atoms with Crippen LogP contribution in [0.4, 0.5) is 0 Å². The van der Waals surface area contributed by atoms with Crippen LogP contribution in [0.3, 0.4) is 0 Å². The molecule has 0 fully saturated rings. The van der Waals surface area contributed by atoms with Crippen molar-refractivity contribution >= 4 is 23.1 Å². The molecule has 0 unspecified atom stereocenters. The van der Waals surface area contributed by atoms with Crippen molar-refractivity contribution in [3.63, 3.8) is 0 Å². The lowest BCUT2D eigenvalue weighted by atomic mass is 10.1. The molecule has 0 saturated heterocycles. The maximum Gasteiger partial charge on any atom is 0.316 e. The van der Waals surface area contributed by atoms with Crippen LogP contribution in [0.2, 0.25) is 0 Å². The Hall–Kier alpha value is 0.766. The highest BCUT2D eigenvalue weighted by Gasteiger charge is 1.90. The molecular formula is C12H27Mg.